The molecule has 1 fully saturated rings. The van der Waals surface area contributed by atoms with Crippen molar-refractivity contribution >= 4 is 37.2 Å². The molecule has 1 aliphatic carbocycles. The number of amides is 3. The number of carbonyl (C=O) groups excluding carboxylic acids is 4. The zero-order chi connectivity index (χ0) is 32.7. The first kappa shape index (κ1) is 35.5. The molecule has 0 spiro atoms. The Balaban J connectivity index is 0.00000500. The predicted octanol–water partition coefficient (Wildman–Crippen LogP) is 4.85. The van der Waals surface area contributed by atoms with E-state index in [1.807, 2.05) is 65.6 Å². The Morgan fingerprint density at radius 2 is 1.55 bits per heavy atom. The van der Waals surface area contributed by atoms with Crippen molar-refractivity contribution in [2.24, 2.45) is 0 Å². The number of hydrogen-bond acceptors (Lipinski definition) is 6. The van der Waals surface area contributed by atoms with Crippen molar-refractivity contribution in [1.82, 2.24) is 15.5 Å². The van der Waals surface area contributed by atoms with Crippen molar-refractivity contribution in [1.29, 1.82) is 0 Å². The minimum absolute atomic E-state index is 0. The molecule has 1 heterocycles. The number of ether oxygens (including phenoxy) is 2. The van der Waals surface area contributed by atoms with Gasteiger partial charge >= 0.3 is 5.97 Å². The minimum Gasteiger partial charge on any atom is -0.496 e. The Morgan fingerprint density at radius 3 is 2.26 bits per heavy atom. The number of esters is 1. The molecule has 3 amide bonds. The summed E-state index contributed by atoms with van der Waals surface area (Å²) in [6.45, 7) is 4.81. The van der Waals surface area contributed by atoms with Crippen molar-refractivity contribution in [3.8, 4) is 5.75 Å². The second-order valence-corrected chi connectivity index (χ2v) is 12.3. The van der Waals surface area contributed by atoms with Crippen molar-refractivity contribution in [3.05, 3.63) is 101 Å². The van der Waals surface area contributed by atoms with E-state index in [-0.39, 0.29) is 68.2 Å². The topological polar surface area (TPSA) is 114 Å². The summed E-state index contributed by atoms with van der Waals surface area (Å²) in [7, 11) is 1.54. The van der Waals surface area contributed by atoms with Crippen LogP contribution >= 0.6 is 13.5 Å². The number of piperidine rings is 1. The van der Waals surface area contributed by atoms with Crippen LogP contribution in [0.15, 0.2) is 78.9 Å². The summed E-state index contributed by atoms with van der Waals surface area (Å²) in [4.78, 5) is 55.2. The molecule has 0 unspecified atom stereocenters. The van der Waals surface area contributed by atoms with Crippen LogP contribution in [0.5, 0.6) is 5.75 Å². The molecule has 0 aromatic heterocycles. The molecular formula is C37H45N3O6S. The molecule has 5 rings (SSSR count). The second kappa shape index (κ2) is 16.0. The molecule has 0 bridgehead atoms. The van der Waals surface area contributed by atoms with E-state index in [2.05, 4.69) is 10.6 Å². The summed E-state index contributed by atoms with van der Waals surface area (Å²) < 4.78 is 10.6. The van der Waals surface area contributed by atoms with Crippen LogP contribution in [-0.4, -0.2) is 67.5 Å². The maximum Gasteiger partial charge on any atom is 0.307 e. The lowest BCUT2D eigenvalue weighted by atomic mass is 9.62. The van der Waals surface area contributed by atoms with Gasteiger partial charge in [0.25, 0.3) is 5.91 Å². The van der Waals surface area contributed by atoms with Crippen LogP contribution in [0.1, 0.15) is 78.9 Å². The number of para-hydroxylation sites is 1. The Morgan fingerprint density at radius 1 is 0.894 bits per heavy atom. The van der Waals surface area contributed by atoms with Crippen LogP contribution in [0.2, 0.25) is 0 Å². The fourth-order valence-electron chi connectivity index (χ4n) is 6.80. The summed E-state index contributed by atoms with van der Waals surface area (Å²) in [5, 5.41) is 6.11. The van der Waals surface area contributed by atoms with E-state index in [0.29, 0.717) is 50.1 Å². The molecule has 2 aliphatic rings. The zero-order valence-corrected chi connectivity index (χ0v) is 28.3. The monoisotopic (exact) mass is 659 g/mol. The first-order chi connectivity index (χ1) is 22.2. The van der Waals surface area contributed by atoms with Gasteiger partial charge in [0.1, 0.15) is 5.75 Å². The van der Waals surface area contributed by atoms with Gasteiger partial charge in [-0.3, -0.25) is 19.2 Å². The number of benzene rings is 3. The number of hydrogen-bond donors (Lipinski definition) is 2. The summed E-state index contributed by atoms with van der Waals surface area (Å²) in [6, 6.07) is 24.5. The normalized spacial score (nSPS) is 19.1. The van der Waals surface area contributed by atoms with Crippen LogP contribution in [0, 0.1) is 0 Å². The lowest BCUT2D eigenvalue weighted by molar-refractivity contribution is -0.147. The van der Waals surface area contributed by atoms with E-state index in [4.69, 9.17) is 9.47 Å². The first-order valence-electron chi connectivity index (χ1n) is 16.1. The highest BCUT2D eigenvalue weighted by Gasteiger charge is 2.48. The molecular weight excluding hydrogens is 614 g/mol. The van der Waals surface area contributed by atoms with Crippen LogP contribution in [0.4, 0.5) is 0 Å². The van der Waals surface area contributed by atoms with Crippen LogP contribution in [-0.2, 0) is 24.5 Å². The maximum atomic E-state index is 14.1. The molecule has 3 aromatic carbocycles. The molecule has 1 aliphatic heterocycles. The average Bonchev–Trinajstić information content (AvgIpc) is 3.07. The predicted molar refractivity (Wildman–Crippen MR) is 185 cm³/mol. The average molecular weight is 660 g/mol. The molecule has 47 heavy (non-hydrogen) atoms. The Hall–Kier alpha value is -4.31. The molecule has 9 nitrogen and oxygen atoms in total. The minimum atomic E-state index is -1.01. The van der Waals surface area contributed by atoms with E-state index < -0.39 is 5.41 Å². The summed E-state index contributed by atoms with van der Waals surface area (Å²) >= 11 is 0. The summed E-state index contributed by atoms with van der Waals surface area (Å²) in [5.41, 5.74) is 1.99. The van der Waals surface area contributed by atoms with Gasteiger partial charge in [-0.2, -0.15) is 13.5 Å². The van der Waals surface area contributed by atoms with E-state index in [1.54, 1.807) is 39.2 Å². The quantitative estimate of drug-likeness (QED) is 0.301. The molecule has 250 valence electrons. The van der Waals surface area contributed by atoms with Crippen molar-refractivity contribution < 1.29 is 28.7 Å². The van der Waals surface area contributed by atoms with Gasteiger partial charge in [-0.1, -0.05) is 66.7 Å². The van der Waals surface area contributed by atoms with Gasteiger partial charge < -0.3 is 25.0 Å². The second-order valence-electron chi connectivity index (χ2n) is 12.3. The van der Waals surface area contributed by atoms with E-state index in [1.165, 1.54) is 0 Å². The highest BCUT2D eigenvalue weighted by atomic mass is 32.1. The molecule has 0 radical (unpaired) electrons. The van der Waals surface area contributed by atoms with Crippen molar-refractivity contribution in [2.45, 2.75) is 69.4 Å². The third-order valence-corrected chi connectivity index (χ3v) is 9.03. The number of fused-ring (bicyclic) bond motifs is 1. The number of carbonyl (C=O) groups is 4. The van der Waals surface area contributed by atoms with E-state index in [9.17, 15) is 19.2 Å². The lowest BCUT2D eigenvalue weighted by Gasteiger charge is -2.42. The van der Waals surface area contributed by atoms with Gasteiger partial charge in [-0.05, 0) is 68.4 Å². The summed E-state index contributed by atoms with van der Waals surface area (Å²) in [6.07, 6.45) is 2.09. The van der Waals surface area contributed by atoms with Crippen LogP contribution in [0.3, 0.4) is 0 Å². The number of nitrogens with zero attached hydrogens (tertiary/aromatic N) is 1. The SMILES string of the molecule is COc1ccccc1C(=O)NC1CCN(C(=O)[C@@H]2CC[C@](C(=O)NCCC(=O)OC(C)C)(c3ccccc3)c3ccccc32)CC1.S. The molecule has 2 atom stereocenters. The molecule has 10 heteroatoms. The van der Waals surface area contributed by atoms with Gasteiger partial charge in [0.05, 0.1) is 36.5 Å². The summed E-state index contributed by atoms with van der Waals surface area (Å²) in [5.74, 6) is -0.557. The molecule has 1 saturated heterocycles. The van der Waals surface area contributed by atoms with Crippen LogP contribution < -0.4 is 15.4 Å². The Bertz CT molecular complexity index is 1560. The lowest BCUT2D eigenvalue weighted by Crippen LogP contribution is -2.51. The molecule has 2 N–H and O–H groups in total. The van der Waals surface area contributed by atoms with Gasteiger partial charge in [-0.25, -0.2) is 0 Å². The number of likely N-dealkylation sites (tertiary alicyclic amines) is 1. The fourth-order valence-corrected chi connectivity index (χ4v) is 6.80. The number of rotatable bonds is 10. The van der Waals surface area contributed by atoms with Gasteiger partial charge in [0.2, 0.25) is 11.8 Å². The van der Waals surface area contributed by atoms with Crippen molar-refractivity contribution in [3.63, 3.8) is 0 Å². The standard InChI is InChI=1S/C37H43N3O6.H2S/c1-25(2)46-33(41)18-22-38-36(44)37(26-11-5-4-6-12-26)21-17-29(28-13-7-9-15-31(28)37)35(43)40-23-19-27(20-24-40)39-34(42)30-14-8-10-16-32(30)45-3;/h4-16,25,27,29H,17-24H2,1-3H3,(H,38,44)(H,39,42);1H2/t29-,37+;/m1./s1. The molecule has 3 aromatic rings. The fraction of sp³-hybridized carbons (Fsp3) is 0.405. The van der Waals surface area contributed by atoms with Crippen molar-refractivity contribution in [2.75, 3.05) is 26.7 Å². The van der Waals surface area contributed by atoms with Gasteiger partial charge in [-0.15, -0.1) is 0 Å². The Labute approximate surface area is 283 Å². The van der Waals surface area contributed by atoms with E-state index >= 15 is 0 Å². The highest BCUT2D eigenvalue weighted by Crippen LogP contribution is 2.48. The Kier molecular flexibility index (Phi) is 12.1. The van der Waals surface area contributed by atoms with Crippen LogP contribution in [0.25, 0.3) is 0 Å². The third-order valence-electron chi connectivity index (χ3n) is 9.03. The maximum absolute atomic E-state index is 14.1. The third kappa shape index (κ3) is 7.81. The zero-order valence-electron chi connectivity index (χ0n) is 27.3. The van der Waals surface area contributed by atoms with E-state index in [0.717, 1.165) is 16.7 Å². The number of nitrogens with one attached hydrogen (secondary N) is 2. The van der Waals surface area contributed by atoms with Gasteiger partial charge in [0.15, 0.2) is 0 Å². The van der Waals surface area contributed by atoms with Gasteiger partial charge in [0, 0.05) is 25.7 Å². The molecule has 0 saturated carbocycles. The first-order valence-corrected chi connectivity index (χ1v) is 16.1. The number of methoxy groups -OCH3 is 1. The largest absolute Gasteiger partial charge is 0.496 e. The highest BCUT2D eigenvalue weighted by molar-refractivity contribution is 7.59. The smallest absolute Gasteiger partial charge is 0.307 e.